The molecular weight excluding hydrogens is 258 g/mol. The summed E-state index contributed by atoms with van der Waals surface area (Å²) in [6.45, 7) is 1.67. The largest absolute Gasteiger partial charge is 0.381 e. The molecule has 4 rings (SSSR count). The first kappa shape index (κ1) is 11.5. The number of aromatic nitrogens is 3. The highest BCUT2D eigenvalue weighted by Crippen LogP contribution is 2.37. The van der Waals surface area contributed by atoms with Gasteiger partial charge in [-0.15, -0.1) is 22.0 Å². The number of thioether (sulfide) groups is 1. The summed E-state index contributed by atoms with van der Waals surface area (Å²) in [6, 6.07) is 8.52. The van der Waals surface area contributed by atoms with E-state index in [0.29, 0.717) is 5.92 Å². The molecule has 1 fully saturated rings. The minimum atomic E-state index is 0.478. The molecule has 2 aliphatic rings. The normalized spacial score (nSPS) is 18.9. The van der Waals surface area contributed by atoms with E-state index in [1.807, 2.05) is 11.8 Å². The molecule has 0 N–H and O–H groups in total. The van der Waals surface area contributed by atoms with Crippen LogP contribution in [0.25, 0.3) is 5.69 Å². The molecular formula is C14H15N3OS. The Balaban J connectivity index is 1.82. The minimum Gasteiger partial charge on any atom is -0.381 e. The van der Waals surface area contributed by atoms with E-state index < -0.39 is 0 Å². The first-order valence-corrected chi connectivity index (χ1v) is 7.66. The number of rotatable bonds is 1. The third-order valence-electron chi connectivity index (χ3n) is 3.80. The fourth-order valence-electron chi connectivity index (χ4n) is 2.81. The van der Waals surface area contributed by atoms with Crippen LogP contribution in [0.5, 0.6) is 0 Å². The third kappa shape index (κ3) is 1.88. The minimum absolute atomic E-state index is 0.478. The lowest BCUT2D eigenvalue weighted by Gasteiger charge is -2.24. The van der Waals surface area contributed by atoms with E-state index in [-0.39, 0.29) is 0 Å². The van der Waals surface area contributed by atoms with Gasteiger partial charge < -0.3 is 4.74 Å². The van der Waals surface area contributed by atoms with E-state index in [9.17, 15) is 0 Å². The van der Waals surface area contributed by atoms with Crippen LogP contribution in [0.15, 0.2) is 29.2 Å². The number of para-hydroxylation sites is 1. The smallest absolute Gasteiger partial charge is 0.148 e. The van der Waals surface area contributed by atoms with Gasteiger partial charge in [0, 0.05) is 24.0 Å². The van der Waals surface area contributed by atoms with Gasteiger partial charge in [0.25, 0.3) is 0 Å². The molecule has 0 unspecified atom stereocenters. The number of ether oxygens (including phenoxy) is 1. The van der Waals surface area contributed by atoms with Crippen molar-refractivity contribution in [3.8, 4) is 5.69 Å². The van der Waals surface area contributed by atoms with Crippen molar-refractivity contribution >= 4 is 11.8 Å². The van der Waals surface area contributed by atoms with Gasteiger partial charge in [-0.2, -0.15) is 0 Å². The average molecular weight is 273 g/mol. The number of benzene rings is 1. The van der Waals surface area contributed by atoms with E-state index in [1.165, 1.54) is 10.6 Å². The van der Waals surface area contributed by atoms with Crippen LogP contribution < -0.4 is 0 Å². The standard InChI is InChI=1S/C14H15N3OS/c1-2-4-12-11(3-1)17-13(9-19-12)15-16-14(17)10-5-7-18-8-6-10/h1-4,10H,5-9H2. The summed E-state index contributed by atoms with van der Waals surface area (Å²) in [5, 5.41) is 8.85. The van der Waals surface area contributed by atoms with Crippen LogP contribution in [0.1, 0.15) is 30.4 Å². The fourth-order valence-corrected chi connectivity index (χ4v) is 3.77. The lowest BCUT2D eigenvalue weighted by Crippen LogP contribution is -2.19. The van der Waals surface area contributed by atoms with Gasteiger partial charge in [-0.3, -0.25) is 4.57 Å². The maximum absolute atomic E-state index is 5.45. The second-order valence-electron chi connectivity index (χ2n) is 4.95. The summed E-state index contributed by atoms with van der Waals surface area (Å²) >= 11 is 1.84. The molecule has 0 aliphatic carbocycles. The van der Waals surface area contributed by atoms with Crippen LogP contribution in [0.3, 0.4) is 0 Å². The first-order valence-electron chi connectivity index (χ1n) is 6.67. The second-order valence-corrected chi connectivity index (χ2v) is 5.97. The highest BCUT2D eigenvalue weighted by atomic mass is 32.2. The van der Waals surface area contributed by atoms with Crippen LogP contribution in [-0.4, -0.2) is 28.0 Å². The van der Waals surface area contributed by atoms with E-state index >= 15 is 0 Å². The maximum atomic E-state index is 5.45. The zero-order valence-corrected chi connectivity index (χ0v) is 11.4. The predicted molar refractivity (Wildman–Crippen MR) is 73.7 cm³/mol. The van der Waals surface area contributed by atoms with Crippen LogP contribution in [-0.2, 0) is 10.5 Å². The SMILES string of the molecule is c1ccc2c(c1)SCc1nnc(C3CCOCC3)n1-2. The summed E-state index contributed by atoms with van der Waals surface area (Å²) < 4.78 is 7.72. The molecule has 4 nitrogen and oxygen atoms in total. The molecule has 1 saturated heterocycles. The molecule has 98 valence electrons. The Hall–Kier alpha value is -1.33. The van der Waals surface area contributed by atoms with Gasteiger partial charge >= 0.3 is 0 Å². The number of hydrogen-bond acceptors (Lipinski definition) is 4. The Morgan fingerprint density at radius 1 is 1.16 bits per heavy atom. The van der Waals surface area contributed by atoms with Crippen molar-refractivity contribution in [2.45, 2.75) is 29.4 Å². The van der Waals surface area contributed by atoms with Crippen molar-refractivity contribution < 1.29 is 4.74 Å². The Kier molecular flexibility index (Phi) is 2.81. The van der Waals surface area contributed by atoms with Gasteiger partial charge in [0.15, 0.2) is 0 Å². The molecule has 0 amide bonds. The molecule has 0 atom stereocenters. The Labute approximate surface area is 116 Å². The zero-order valence-electron chi connectivity index (χ0n) is 10.6. The summed E-state index contributed by atoms with van der Waals surface area (Å²) in [5.74, 6) is 3.58. The van der Waals surface area contributed by atoms with Crippen molar-refractivity contribution in [2.24, 2.45) is 0 Å². The van der Waals surface area contributed by atoms with Crippen LogP contribution in [0.2, 0.25) is 0 Å². The second kappa shape index (κ2) is 4.65. The summed E-state index contributed by atoms with van der Waals surface area (Å²) in [6.07, 6.45) is 2.10. The Bertz CT molecular complexity index is 604. The molecule has 2 aliphatic heterocycles. The van der Waals surface area contributed by atoms with Gasteiger partial charge in [-0.25, -0.2) is 0 Å². The van der Waals surface area contributed by atoms with Crippen molar-refractivity contribution in [3.05, 3.63) is 35.9 Å². The van der Waals surface area contributed by atoms with Gasteiger partial charge in [0.05, 0.1) is 11.4 Å². The summed E-state index contributed by atoms with van der Waals surface area (Å²) in [4.78, 5) is 1.32. The lowest BCUT2D eigenvalue weighted by molar-refractivity contribution is 0.0832. The highest BCUT2D eigenvalue weighted by Gasteiger charge is 2.27. The first-order chi connectivity index (χ1) is 9.43. The quantitative estimate of drug-likeness (QED) is 0.801. The zero-order chi connectivity index (χ0) is 12.7. The van der Waals surface area contributed by atoms with Crippen molar-refractivity contribution in [3.63, 3.8) is 0 Å². The lowest BCUT2D eigenvalue weighted by atomic mass is 9.99. The number of fused-ring (bicyclic) bond motifs is 3. The average Bonchev–Trinajstić information content (AvgIpc) is 2.92. The van der Waals surface area contributed by atoms with E-state index in [4.69, 9.17) is 4.74 Å². The van der Waals surface area contributed by atoms with Crippen molar-refractivity contribution in [1.82, 2.24) is 14.8 Å². The summed E-state index contributed by atoms with van der Waals surface area (Å²) in [7, 11) is 0. The molecule has 0 saturated carbocycles. The third-order valence-corrected chi connectivity index (χ3v) is 4.86. The van der Waals surface area contributed by atoms with Gasteiger partial charge in [-0.05, 0) is 25.0 Å². The molecule has 1 aromatic carbocycles. The van der Waals surface area contributed by atoms with Gasteiger partial charge in [0.2, 0.25) is 0 Å². The molecule has 3 heterocycles. The van der Waals surface area contributed by atoms with Gasteiger partial charge in [0.1, 0.15) is 11.6 Å². The molecule has 0 radical (unpaired) electrons. The van der Waals surface area contributed by atoms with E-state index in [2.05, 4.69) is 39.0 Å². The number of hydrogen-bond donors (Lipinski definition) is 0. The Morgan fingerprint density at radius 2 is 2.00 bits per heavy atom. The van der Waals surface area contributed by atoms with E-state index in [1.54, 1.807) is 0 Å². The van der Waals surface area contributed by atoms with Crippen molar-refractivity contribution in [2.75, 3.05) is 13.2 Å². The topological polar surface area (TPSA) is 39.9 Å². The fraction of sp³-hybridized carbons (Fsp3) is 0.429. The van der Waals surface area contributed by atoms with Crippen LogP contribution in [0.4, 0.5) is 0 Å². The van der Waals surface area contributed by atoms with E-state index in [0.717, 1.165) is 43.5 Å². The molecule has 0 bridgehead atoms. The van der Waals surface area contributed by atoms with Gasteiger partial charge in [-0.1, -0.05) is 12.1 Å². The molecule has 19 heavy (non-hydrogen) atoms. The molecule has 0 spiro atoms. The van der Waals surface area contributed by atoms with Crippen LogP contribution in [0, 0.1) is 0 Å². The Morgan fingerprint density at radius 3 is 2.89 bits per heavy atom. The predicted octanol–water partition coefficient (Wildman–Crippen LogP) is 2.77. The van der Waals surface area contributed by atoms with Crippen molar-refractivity contribution in [1.29, 1.82) is 0 Å². The maximum Gasteiger partial charge on any atom is 0.148 e. The van der Waals surface area contributed by atoms with Crippen LogP contribution >= 0.6 is 11.8 Å². The molecule has 5 heteroatoms. The monoisotopic (exact) mass is 273 g/mol. The summed E-state index contributed by atoms with van der Waals surface area (Å²) in [5.41, 5.74) is 1.24. The molecule has 2 aromatic rings. The highest BCUT2D eigenvalue weighted by molar-refractivity contribution is 7.98. The number of nitrogens with zero attached hydrogens (tertiary/aromatic N) is 3. The molecule has 1 aromatic heterocycles.